The summed E-state index contributed by atoms with van der Waals surface area (Å²) >= 11 is 0. The van der Waals surface area contributed by atoms with Crippen LogP contribution in [-0.2, 0) is 0 Å². The second kappa shape index (κ2) is 6.78. The average molecular weight is 271 g/mol. The van der Waals surface area contributed by atoms with Crippen LogP contribution in [0.25, 0.3) is 0 Å². The van der Waals surface area contributed by atoms with E-state index in [-0.39, 0.29) is 5.66 Å². The topological polar surface area (TPSA) is 42.2 Å². The van der Waals surface area contributed by atoms with Gasteiger partial charge in [0, 0.05) is 0 Å². The fourth-order valence-electron chi connectivity index (χ4n) is 1.39. The van der Waals surface area contributed by atoms with Gasteiger partial charge in [-0.2, -0.15) is 5.26 Å². The third-order valence-corrected chi connectivity index (χ3v) is 3.91. The lowest BCUT2D eigenvalue weighted by atomic mass is 10.3. The predicted octanol–water partition coefficient (Wildman–Crippen LogP) is 4.37. The Morgan fingerprint density at radius 3 is 1.68 bits per heavy atom. The van der Waals surface area contributed by atoms with Crippen molar-refractivity contribution in [2.24, 2.45) is 0 Å². The number of benzene rings is 2. The normalized spacial score (nSPS) is 11.6. The lowest BCUT2D eigenvalue weighted by Crippen LogP contribution is -2.06. The molecular formula is C15H14NO2P. The Kier molecular flexibility index (Phi) is 4.78. The van der Waals surface area contributed by atoms with Crippen molar-refractivity contribution in [2.45, 2.75) is 12.6 Å². The van der Waals surface area contributed by atoms with Crippen LogP contribution in [0.5, 0.6) is 11.5 Å². The number of hydrogen-bond acceptors (Lipinski definition) is 3. The molecule has 0 amide bonds. The Morgan fingerprint density at radius 1 is 0.895 bits per heavy atom. The first-order valence-corrected chi connectivity index (χ1v) is 7.19. The Bertz CT molecular complexity index is 498. The minimum atomic E-state index is -1.34. The van der Waals surface area contributed by atoms with Gasteiger partial charge in [0.05, 0.1) is 6.07 Å². The van der Waals surface area contributed by atoms with E-state index in [2.05, 4.69) is 6.07 Å². The van der Waals surface area contributed by atoms with Crippen molar-refractivity contribution in [1.82, 2.24) is 0 Å². The zero-order chi connectivity index (χ0) is 13.5. The molecule has 2 rings (SSSR count). The molecule has 0 aliphatic carbocycles. The summed E-state index contributed by atoms with van der Waals surface area (Å²) < 4.78 is 11.6. The largest absolute Gasteiger partial charge is 0.438 e. The van der Waals surface area contributed by atoms with Crippen LogP contribution in [0, 0.1) is 11.3 Å². The van der Waals surface area contributed by atoms with Gasteiger partial charge in [-0.15, -0.1) is 0 Å². The molecule has 0 saturated carbocycles. The summed E-state index contributed by atoms with van der Waals surface area (Å²) in [5.41, 5.74) is -0.310. The van der Waals surface area contributed by atoms with Crippen LogP contribution in [0.1, 0.15) is 6.92 Å². The van der Waals surface area contributed by atoms with Gasteiger partial charge in [-0.05, 0) is 31.2 Å². The molecular weight excluding hydrogens is 257 g/mol. The van der Waals surface area contributed by atoms with Gasteiger partial charge in [0.2, 0.25) is 0 Å². The quantitative estimate of drug-likeness (QED) is 0.758. The fourth-order valence-corrected chi connectivity index (χ4v) is 2.50. The van der Waals surface area contributed by atoms with E-state index in [1.54, 1.807) is 6.92 Å². The minimum Gasteiger partial charge on any atom is -0.438 e. The number of nitrogens with zero attached hydrogens (tertiary/aromatic N) is 1. The molecule has 0 heterocycles. The van der Waals surface area contributed by atoms with Crippen molar-refractivity contribution in [3.8, 4) is 17.6 Å². The van der Waals surface area contributed by atoms with Crippen LogP contribution >= 0.6 is 8.38 Å². The van der Waals surface area contributed by atoms with Gasteiger partial charge in [0.25, 0.3) is 0 Å². The van der Waals surface area contributed by atoms with E-state index in [1.165, 1.54) is 0 Å². The SMILES string of the molecule is CC(C#N)P(Oc1ccccc1)Oc1ccccc1. The number of para-hydroxylation sites is 2. The number of hydrogen-bond donors (Lipinski definition) is 0. The van der Waals surface area contributed by atoms with Gasteiger partial charge in [-0.1, -0.05) is 36.4 Å². The third-order valence-electron chi connectivity index (χ3n) is 2.38. The van der Waals surface area contributed by atoms with E-state index in [9.17, 15) is 0 Å². The van der Waals surface area contributed by atoms with E-state index in [1.807, 2.05) is 60.7 Å². The summed E-state index contributed by atoms with van der Waals surface area (Å²) in [5, 5.41) is 9.07. The molecule has 0 bridgehead atoms. The fraction of sp³-hybridized carbons (Fsp3) is 0.133. The summed E-state index contributed by atoms with van der Waals surface area (Å²) in [5.74, 6) is 1.43. The molecule has 3 nitrogen and oxygen atoms in total. The molecule has 1 atom stereocenters. The molecule has 0 radical (unpaired) electrons. The number of nitriles is 1. The van der Waals surface area contributed by atoms with E-state index in [0.29, 0.717) is 11.5 Å². The molecule has 0 aliphatic rings. The van der Waals surface area contributed by atoms with E-state index >= 15 is 0 Å². The zero-order valence-corrected chi connectivity index (χ0v) is 11.5. The Morgan fingerprint density at radius 2 is 1.32 bits per heavy atom. The molecule has 0 aromatic heterocycles. The van der Waals surface area contributed by atoms with Crippen molar-refractivity contribution < 1.29 is 9.05 Å². The molecule has 2 aromatic carbocycles. The highest BCUT2D eigenvalue weighted by Gasteiger charge is 2.23. The first kappa shape index (κ1) is 13.4. The lowest BCUT2D eigenvalue weighted by molar-refractivity contribution is 0.484. The highest BCUT2D eigenvalue weighted by atomic mass is 31.2. The van der Waals surface area contributed by atoms with Crippen LogP contribution in [-0.4, -0.2) is 5.66 Å². The molecule has 19 heavy (non-hydrogen) atoms. The molecule has 2 aromatic rings. The maximum Gasteiger partial charge on any atom is 0.308 e. The summed E-state index contributed by atoms with van der Waals surface area (Å²) in [6.07, 6.45) is 0. The van der Waals surface area contributed by atoms with Gasteiger partial charge in [0.15, 0.2) is 0 Å². The summed E-state index contributed by atoms with van der Waals surface area (Å²) in [4.78, 5) is 0. The minimum absolute atomic E-state index is 0.310. The first-order chi connectivity index (χ1) is 9.29. The Labute approximate surface area is 114 Å². The molecule has 96 valence electrons. The van der Waals surface area contributed by atoms with Crippen LogP contribution in [0.3, 0.4) is 0 Å². The third kappa shape index (κ3) is 3.98. The predicted molar refractivity (Wildman–Crippen MR) is 76.1 cm³/mol. The van der Waals surface area contributed by atoms with Gasteiger partial charge in [-0.25, -0.2) is 0 Å². The lowest BCUT2D eigenvalue weighted by Gasteiger charge is -2.20. The van der Waals surface area contributed by atoms with E-state index in [0.717, 1.165) is 0 Å². The summed E-state index contributed by atoms with van der Waals surface area (Å²) in [6.45, 7) is 1.80. The first-order valence-electron chi connectivity index (χ1n) is 5.94. The molecule has 0 N–H and O–H groups in total. The van der Waals surface area contributed by atoms with Gasteiger partial charge >= 0.3 is 8.38 Å². The molecule has 4 heteroatoms. The van der Waals surface area contributed by atoms with E-state index < -0.39 is 8.38 Å². The van der Waals surface area contributed by atoms with Crippen LogP contribution in [0.15, 0.2) is 60.7 Å². The van der Waals surface area contributed by atoms with Crippen LogP contribution in [0.2, 0.25) is 0 Å². The van der Waals surface area contributed by atoms with Crippen molar-refractivity contribution in [3.05, 3.63) is 60.7 Å². The Balaban J connectivity index is 2.11. The van der Waals surface area contributed by atoms with E-state index in [4.69, 9.17) is 14.3 Å². The summed E-state index contributed by atoms with van der Waals surface area (Å²) in [7, 11) is -1.34. The smallest absolute Gasteiger partial charge is 0.308 e. The van der Waals surface area contributed by atoms with Gasteiger partial charge in [0.1, 0.15) is 17.2 Å². The van der Waals surface area contributed by atoms with Crippen LogP contribution < -0.4 is 9.05 Å². The standard InChI is InChI=1S/C15H14NO2P/c1-13(12-16)19(17-14-8-4-2-5-9-14)18-15-10-6-3-7-11-15/h2-11,13H,1H3. The highest BCUT2D eigenvalue weighted by Crippen LogP contribution is 2.44. The maximum absolute atomic E-state index is 9.07. The van der Waals surface area contributed by atoms with Gasteiger partial charge < -0.3 is 9.05 Å². The Hall–Kier alpha value is -2.04. The molecule has 0 saturated heterocycles. The van der Waals surface area contributed by atoms with Crippen molar-refractivity contribution >= 4 is 8.38 Å². The zero-order valence-electron chi connectivity index (χ0n) is 10.6. The van der Waals surface area contributed by atoms with Gasteiger partial charge in [-0.3, -0.25) is 0 Å². The highest BCUT2D eigenvalue weighted by molar-refractivity contribution is 7.49. The van der Waals surface area contributed by atoms with Crippen molar-refractivity contribution in [1.29, 1.82) is 5.26 Å². The monoisotopic (exact) mass is 271 g/mol. The average Bonchev–Trinajstić information content (AvgIpc) is 2.48. The molecule has 0 fully saturated rings. The second-order valence-corrected chi connectivity index (χ2v) is 5.61. The maximum atomic E-state index is 9.07. The molecule has 0 spiro atoms. The summed E-state index contributed by atoms with van der Waals surface area (Å²) in [6, 6.07) is 21.0. The molecule has 1 unspecified atom stereocenters. The van der Waals surface area contributed by atoms with Crippen molar-refractivity contribution in [3.63, 3.8) is 0 Å². The van der Waals surface area contributed by atoms with Crippen molar-refractivity contribution in [2.75, 3.05) is 0 Å². The molecule has 0 aliphatic heterocycles. The second-order valence-electron chi connectivity index (χ2n) is 3.90. The van der Waals surface area contributed by atoms with Crippen LogP contribution in [0.4, 0.5) is 0 Å². The number of rotatable bonds is 5.